The Morgan fingerprint density at radius 2 is 2.31 bits per heavy atom. The molecule has 0 fully saturated rings. The van der Waals surface area contributed by atoms with Crippen LogP contribution in [0.25, 0.3) is 5.57 Å². The number of hydrogen-bond acceptors (Lipinski definition) is 1. The average Bonchev–Trinajstić information content (AvgIpc) is 2.58. The second-order valence-corrected chi connectivity index (χ2v) is 2.89. The molecule has 1 aromatic rings. The summed E-state index contributed by atoms with van der Waals surface area (Å²) in [5, 5.41) is 6.81. The van der Waals surface area contributed by atoms with E-state index in [0.717, 1.165) is 16.8 Å². The SMILES string of the molecule is C=C(C)/C=C\C(=C/C)c1ccn[nH]1. The Morgan fingerprint density at radius 3 is 2.77 bits per heavy atom. The first-order valence-electron chi connectivity index (χ1n) is 4.23. The number of allylic oxidation sites excluding steroid dienone is 5. The van der Waals surface area contributed by atoms with Crippen LogP contribution in [-0.4, -0.2) is 10.2 Å². The molecule has 1 N–H and O–H groups in total. The summed E-state index contributed by atoms with van der Waals surface area (Å²) >= 11 is 0. The zero-order valence-electron chi connectivity index (χ0n) is 8.04. The Hall–Kier alpha value is -1.57. The van der Waals surface area contributed by atoms with E-state index in [1.54, 1.807) is 6.20 Å². The van der Waals surface area contributed by atoms with Crippen molar-refractivity contribution in [2.75, 3.05) is 0 Å². The van der Waals surface area contributed by atoms with Gasteiger partial charge < -0.3 is 0 Å². The molecular weight excluding hydrogens is 160 g/mol. The Labute approximate surface area is 78.7 Å². The van der Waals surface area contributed by atoms with E-state index in [-0.39, 0.29) is 0 Å². The van der Waals surface area contributed by atoms with Crippen LogP contribution >= 0.6 is 0 Å². The third kappa shape index (κ3) is 2.75. The highest BCUT2D eigenvalue weighted by Crippen LogP contribution is 2.12. The second-order valence-electron chi connectivity index (χ2n) is 2.89. The van der Waals surface area contributed by atoms with Crippen LogP contribution in [0.4, 0.5) is 0 Å². The number of aromatic amines is 1. The predicted octanol–water partition coefficient (Wildman–Crippen LogP) is 2.95. The molecule has 0 saturated carbocycles. The molecule has 68 valence electrons. The van der Waals surface area contributed by atoms with Crippen LogP contribution in [0.1, 0.15) is 19.5 Å². The first-order chi connectivity index (χ1) is 6.24. The van der Waals surface area contributed by atoms with E-state index in [1.165, 1.54) is 0 Å². The number of aromatic nitrogens is 2. The lowest BCUT2D eigenvalue weighted by atomic mass is 10.1. The van der Waals surface area contributed by atoms with Gasteiger partial charge in [0, 0.05) is 6.20 Å². The van der Waals surface area contributed by atoms with Gasteiger partial charge in [0.05, 0.1) is 5.69 Å². The summed E-state index contributed by atoms with van der Waals surface area (Å²) in [6.45, 7) is 7.77. The van der Waals surface area contributed by atoms with Crippen molar-refractivity contribution < 1.29 is 0 Å². The van der Waals surface area contributed by atoms with Crippen LogP contribution in [-0.2, 0) is 0 Å². The quantitative estimate of drug-likeness (QED) is 0.701. The van der Waals surface area contributed by atoms with Crippen molar-refractivity contribution >= 4 is 5.57 Å². The summed E-state index contributed by atoms with van der Waals surface area (Å²) in [5.74, 6) is 0. The highest BCUT2D eigenvalue weighted by molar-refractivity contribution is 5.71. The minimum Gasteiger partial charge on any atom is -0.278 e. The summed E-state index contributed by atoms with van der Waals surface area (Å²) in [7, 11) is 0. The summed E-state index contributed by atoms with van der Waals surface area (Å²) < 4.78 is 0. The fourth-order valence-electron chi connectivity index (χ4n) is 0.990. The summed E-state index contributed by atoms with van der Waals surface area (Å²) in [4.78, 5) is 0. The molecule has 13 heavy (non-hydrogen) atoms. The van der Waals surface area contributed by atoms with Gasteiger partial charge in [-0.05, 0) is 25.5 Å². The maximum Gasteiger partial charge on any atom is 0.0646 e. The van der Waals surface area contributed by atoms with E-state index < -0.39 is 0 Å². The van der Waals surface area contributed by atoms with Crippen molar-refractivity contribution in [1.82, 2.24) is 10.2 Å². The van der Waals surface area contributed by atoms with Crippen molar-refractivity contribution in [2.45, 2.75) is 13.8 Å². The Balaban J connectivity index is 2.83. The molecule has 0 aliphatic rings. The first-order valence-corrected chi connectivity index (χ1v) is 4.23. The third-order valence-electron chi connectivity index (χ3n) is 1.67. The number of rotatable bonds is 3. The van der Waals surface area contributed by atoms with Gasteiger partial charge in [0.25, 0.3) is 0 Å². The van der Waals surface area contributed by atoms with Crippen molar-refractivity contribution in [3.63, 3.8) is 0 Å². The van der Waals surface area contributed by atoms with Gasteiger partial charge in [0.1, 0.15) is 0 Å². The molecule has 0 aliphatic carbocycles. The molecule has 0 aliphatic heterocycles. The Bertz CT molecular complexity index is 329. The van der Waals surface area contributed by atoms with Crippen LogP contribution in [0.2, 0.25) is 0 Å². The van der Waals surface area contributed by atoms with Gasteiger partial charge in [0.2, 0.25) is 0 Å². The molecule has 0 spiro atoms. The van der Waals surface area contributed by atoms with Crippen LogP contribution in [0.15, 0.2) is 42.6 Å². The lowest BCUT2D eigenvalue weighted by molar-refractivity contribution is 1.07. The van der Waals surface area contributed by atoms with Crippen LogP contribution < -0.4 is 0 Å². The highest BCUT2D eigenvalue weighted by Gasteiger charge is 1.95. The molecule has 2 nitrogen and oxygen atoms in total. The zero-order valence-corrected chi connectivity index (χ0v) is 8.04. The highest BCUT2D eigenvalue weighted by atomic mass is 15.1. The number of H-pyrrole nitrogens is 1. The minimum atomic E-state index is 1.03. The molecule has 1 heterocycles. The monoisotopic (exact) mass is 174 g/mol. The van der Waals surface area contributed by atoms with Crippen molar-refractivity contribution in [3.8, 4) is 0 Å². The molecule has 0 amide bonds. The van der Waals surface area contributed by atoms with E-state index in [1.807, 2.05) is 38.1 Å². The summed E-state index contributed by atoms with van der Waals surface area (Å²) in [5.41, 5.74) is 3.19. The number of hydrogen-bond donors (Lipinski definition) is 1. The van der Waals surface area contributed by atoms with Gasteiger partial charge in [-0.2, -0.15) is 5.10 Å². The lowest BCUT2D eigenvalue weighted by Crippen LogP contribution is -1.80. The van der Waals surface area contributed by atoms with Crippen LogP contribution in [0, 0.1) is 0 Å². The number of nitrogens with zero attached hydrogens (tertiary/aromatic N) is 1. The maximum atomic E-state index is 3.90. The third-order valence-corrected chi connectivity index (χ3v) is 1.67. The number of nitrogens with one attached hydrogen (secondary N) is 1. The lowest BCUT2D eigenvalue weighted by Gasteiger charge is -1.95. The van der Waals surface area contributed by atoms with Crippen LogP contribution in [0.3, 0.4) is 0 Å². The maximum absolute atomic E-state index is 3.90. The Kier molecular flexibility index (Phi) is 3.26. The molecule has 1 rings (SSSR count). The zero-order chi connectivity index (χ0) is 9.68. The fraction of sp³-hybridized carbons (Fsp3) is 0.182. The van der Waals surface area contributed by atoms with Gasteiger partial charge in [-0.25, -0.2) is 0 Å². The molecule has 0 unspecified atom stereocenters. The van der Waals surface area contributed by atoms with Crippen molar-refractivity contribution in [1.29, 1.82) is 0 Å². The summed E-state index contributed by atoms with van der Waals surface area (Å²) in [6, 6.07) is 1.94. The van der Waals surface area contributed by atoms with E-state index >= 15 is 0 Å². The topological polar surface area (TPSA) is 28.7 Å². The molecule has 0 aromatic carbocycles. The molecule has 2 heteroatoms. The largest absolute Gasteiger partial charge is 0.278 e. The van der Waals surface area contributed by atoms with E-state index in [2.05, 4.69) is 16.8 Å². The van der Waals surface area contributed by atoms with Gasteiger partial charge >= 0.3 is 0 Å². The predicted molar refractivity (Wildman–Crippen MR) is 56.2 cm³/mol. The molecule has 0 atom stereocenters. The second kappa shape index (κ2) is 4.45. The fourth-order valence-corrected chi connectivity index (χ4v) is 0.990. The minimum absolute atomic E-state index is 1.03. The van der Waals surface area contributed by atoms with Gasteiger partial charge in [-0.1, -0.05) is 30.4 Å². The van der Waals surface area contributed by atoms with E-state index in [4.69, 9.17) is 0 Å². The smallest absolute Gasteiger partial charge is 0.0646 e. The van der Waals surface area contributed by atoms with Crippen LogP contribution in [0.5, 0.6) is 0 Å². The molecule has 0 saturated heterocycles. The molecule has 0 radical (unpaired) electrons. The van der Waals surface area contributed by atoms with Gasteiger partial charge in [0.15, 0.2) is 0 Å². The first kappa shape index (κ1) is 9.52. The van der Waals surface area contributed by atoms with E-state index in [9.17, 15) is 0 Å². The van der Waals surface area contributed by atoms with Crippen molar-refractivity contribution in [3.05, 3.63) is 48.3 Å². The molecular formula is C11H14N2. The van der Waals surface area contributed by atoms with Crippen molar-refractivity contribution in [2.24, 2.45) is 0 Å². The van der Waals surface area contributed by atoms with E-state index in [0.29, 0.717) is 0 Å². The normalized spacial score (nSPS) is 12.3. The summed E-state index contributed by atoms with van der Waals surface area (Å²) in [6.07, 6.45) is 7.78. The Morgan fingerprint density at radius 1 is 1.54 bits per heavy atom. The molecule has 0 bridgehead atoms. The molecule has 1 aromatic heterocycles. The standard InChI is InChI=1S/C11H14N2/c1-4-10(6-5-9(2)3)11-7-8-12-13-11/h4-8H,2H2,1,3H3,(H,12,13)/b6-5-,10-4+. The average molecular weight is 174 g/mol. The van der Waals surface area contributed by atoms with Gasteiger partial charge in [-0.3, -0.25) is 5.10 Å². The van der Waals surface area contributed by atoms with Gasteiger partial charge in [-0.15, -0.1) is 0 Å².